The smallest absolute Gasteiger partial charge is 0.306 e. The first-order chi connectivity index (χ1) is 12.8. The van der Waals surface area contributed by atoms with E-state index in [1.165, 1.54) is 6.42 Å². The summed E-state index contributed by atoms with van der Waals surface area (Å²) in [6.07, 6.45) is 7.22. The van der Waals surface area contributed by atoms with Crippen LogP contribution in [0.2, 0.25) is 0 Å². The average Bonchev–Trinajstić information content (AvgIpc) is 2.64. The van der Waals surface area contributed by atoms with Crippen LogP contribution in [-0.4, -0.2) is 37.7 Å². The Morgan fingerprint density at radius 2 is 1.74 bits per heavy atom. The fourth-order valence-electron chi connectivity index (χ4n) is 3.93. The Bertz CT molecular complexity index is 447. The molecule has 1 rings (SSSR count). The topological polar surface area (TPSA) is 105 Å². The quantitative estimate of drug-likeness (QED) is 0.501. The number of nitrogens with two attached hydrogens (primary N) is 2. The number of carbonyl (C=O) groups is 2. The molecule has 1 saturated carbocycles. The zero-order chi connectivity index (χ0) is 20.3. The third-order valence-electron chi connectivity index (χ3n) is 5.64. The van der Waals surface area contributed by atoms with E-state index >= 15 is 0 Å². The first kappa shape index (κ1) is 23.9. The Hall–Kier alpha value is -1.14. The van der Waals surface area contributed by atoms with Gasteiger partial charge in [0.05, 0.1) is 6.42 Å². The summed E-state index contributed by atoms with van der Waals surface area (Å²) >= 11 is 0. The van der Waals surface area contributed by atoms with Crippen molar-refractivity contribution in [2.24, 2.45) is 28.7 Å². The molecule has 0 aliphatic heterocycles. The summed E-state index contributed by atoms with van der Waals surface area (Å²) in [6, 6.07) is 0. The van der Waals surface area contributed by atoms with Crippen molar-refractivity contribution >= 4 is 11.9 Å². The van der Waals surface area contributed by atoms with Crippen LogP contribution in [-0.2, 0) is 19.1 Å². The molecule has 0 aromatic carbocycles. The lowest BCUT2D eigenvalue weighted by molar-refractivity contribution is -0.161. The van der Waals surface area contributed by atoms with Gasteiger partial charge in [0.25, 0.3) is 0 Å². The minimum absolute atomic E-state index is 0.110. The molecular weight excluding hydrogens is 344 g/mol. The lowest BCUT2D eigenvalue weighted by Gasteiger charge is -2.35. The molecule has 0 radical (unpaired) electrons. The molecule has 6 heteroatoms. The van der Waals surface area contributed by atoms with E-state index in [2.05, 4.69) is 13.8 Å². The van der Waals surface area contributed by atoms with Gasteiger partial charge in [0.15, 0.2) is 0 Å². The molecule has 4 N–H and O–H groups in total. The van der Waals surface area contributed by atoms with Gasteiger partial charge in [-0.25, -0.2) is 0 Å². The summed E-state index contributed by atoms with van der Waals surface area (Å²) in [5.41, 5.74) is 11.6. The molecule has 0 amide bonds. The predicted molar refractivity (Wildman–Crippen MR) is 107 cm³/mol. The number of ether oxygens (including phenoxy) is 2. The van der Waals surface area contributed by atoms with Crippen molar-refractivity contribution in [3.63, 3.8) is 0 Å². The Labute approximate surface area is 164 Å². The van der Waals surface area contributed by atoms with Gasteiger partial charge in [-0.05, 0) is 56.0 Å². The van der Waals surface area contributed by atoms with E-state index < -0.39 is 6.10 Å². The third kappa shape index (κ3) is 9.06. The van der Waals surface area contributed by atoms with Crippen molar-refractivity contribution < 1.29 is 19.1 Å². The average molecular weight is 385 g/mol. The van der Waals surface area contributed by atoms with Crippen LogP contribution >= 0.6 is 0 Å². The summed E-state index contributed by atoms with van der Waals surface area (Å²) in [5.74, 6) is 0.119. The van der Waals surface area contributed by atoms with Gasteiger partial charge >= 0.3 is 11.9 Å². The van der Waals surface area contributed by atoms with Crippen LogP contribution < -0.4 is 11.5 Å². The molecule has 1 unspecified atom stereocenters. The standard InChI is InChI=1S/C21H40N2O4/c1-4-18(27-19(24)11-17(13-22)10-16(2)3)14-26-20(25)12-21(15-23)8-6-5-7-9-21/h16-18H,4-15,22-23H2,1-3H3/t17-,18?/m1/s1. The minimum atomic E-state index is -0.404. The number of esters is 2. The summed E-state index contributed by atoms with van der Waals surface area (Å²) in [7, 11) is 0. The Kier molecular flexibility index (Phi) is 10.9. The van der Waals surface area contributed by atoms with E-state index in [9.17, 15) is 9.59 Å². The first-order valence-corrected chi connectivity index (χ1v) is 10.6. The number of hydrogen-bond acceptors (Lipinski definition) is 6. The highest BCUT2D eigenvalue weighted by Gasteiger charge is 2.33. The highest BCUT2D eigenvalue weighted by molar-refractivity contribution is 5.71. The summed E-state index contributed by atoms with van der Waals surface area (Å²) in [4.78, 5) is 24.5. The molecule has 6 nitrogen and oxygen atoms in total. The van der Waals surface area contributed by atoms with E-state index in [-0.39, 0.29) is 29.9 Å². The monoisotopic (exact) mass is 384 g/mol. The highest BCUT2D eigenvalue weighted by atomic mass is 16.6. The van der Waals surface area contributed by atoms with Gasteiger partial charge in [-0.1, -0.05) is 40.0 Å². The van der Waals surface area contributed by atoms with Crippen molar-refractivity contribution in [3.05, 3.63) is 0 Å². The second kappa shape index (κ2) is 12.3. The van der Waals surface area contributed by atoms with Crippen molar-refractivity contribution in [2.45, 2.75) is 84.7 Å². The van der Waals surface area contributed by atoms with Crippen LogP contribution in [0.1, 0.15) is 78.6 Å². The van der Waals surface area contributed by atoms with Gasteiger partial charge in [0.2, 0.25) is 0 Å². The lowest BCUT2D eigenvalue weighted by atomic mass is 9.72. The molecule has 0 aromatic heterocycles. The van der Waals surface area contributed by atoms with Crippen molar-refractivity contribution in [2.75, 3.05) is 19.7 Å². The number of rotatable bonds is 12. The third-order valence-corrected chi connectivity index (χ3v) is 5.64. The van der Waals surface area contributed by atoms with Crippen LogP contribution in [0.15, 0.2) is 0 Å². The molecule has 0 aromatic rings. The van der Waals surface area contributed by atoms with E-state index in [1.807, 2.05) is 6.92 Å². The van der Waals surface area contributed by atoms with Crippen LogP contribution in [0.4, 0.5) is 0 Å². The molecular formula is C21H40N2O4. The van der Waals surface area contributed by atoms with Gasteiger partial charge in [-0.3, -0.25) is 9.59 Å². The molecule has 0 saturated heterocycles. The molecule has 1 aliphatic rings. The fourth-order valence-corrected chi connectivity index (χ4v) is 3.93. The zero-order valence-electron chi connectivity index (χ0n) is 17.5. The maximum Gasteiger partial charge on any atom is 0.306 e. The normalized spacial score (nSPS) is 18.7. The Balaban J connectivity index is 2.41. The van der Waals surface area contributed by atoms with Gasteiger partial charge in [0.1, 0.15) is 12.7 Å². The maximum absolute atomic E-state index is 12.3. The SMILES string of the molecule is CCC(COC(=O)CC1(CN)CCCCC1)OC(=O)C[C@H](CN)CC(C)C. The Morgan fingerprint density at radius 1 is 1.07 bits per heavy atom. The fraction of sp³-hybridized carbons (Fsp3) is 0.905. The molecule has 2 atom stereocenters. The number of hydrogen-bond donors (Lipinski definition) is 2. The van der Waals surface area contributed by atoms with Gasteiger partial charge in [0, 0.05) is 6.42 Å². The summed E-state index contributed by atoms with van der Waals surface area (Å²) in [6.45, 7) is 7.25. The molecule has 1 fully saturated rings. The predicted octanol–water partition coefficient (Wildman–Crippen LogP) is 3.16. The number of carbonyl (C=O) groups excluding carboxylic acids is 2. The van der Waals surface area contributed by atoms with Crippen molar-refractivity contribution in [1.82, 2.24) is 0 Å². The highest BCUT2D eigenvalue weighted by Crippen LogP contribution is 2.38. The van der Waals surface area contributed by atoms with E-state index in [0.717, 1.165) is 32.1 Å². The van der Waals surface area contributed by atoms with E-state index in [1.54, 1.807) is 0 Å². The summed E-state index contributed by atoms with van der Waals surface area (Å²) < 4.78 is 10.9. The Morgan fingerprint density at radius 3 is 2.26 bits per heavy atom. The van der Waals surface area contributed by atoms with Gasteiger partial charge in [-0.15, -0.1) is 0 Å². The molecule has 0 bridgehead atoms. The largest absolute Gasteiger partial charge is 0.462 e. The second-order valence-corrected chi connectivity index (χ2v) is 8.58. The van der Waals surface area contributed by atoms with E-state index in [0.29, 0.717) is 38.3 Å². The van der Waals surface area contributed by atoms with E-state index in [4.69, 9.17) is 20.9 Å². The molecule has 158 valence electrons. The van der Waals surface area contributed by atoms with Crippen LogP contribution in [0.5, 0.6) is 0 Å². The van der Waals surface area contributed by atoms with Crippen LogP contribution in [0, 0.1) is 17.3 Å². The molecule has 27 heavy (non-hydrogen) atoms. The van der Waals surface area contributed by atoms with Gasteiger partial charge < -0.3 is 20.9 Å². The zero-order valence-corrected chi connectivity index (χ0v) is 17.5. The lowest BCUT2D eigenvalue weighted by Crippen LogP contribution is -2.36. The molecule has 0 heterocycles. The van der Waals surface area contributed by atoms with Crippen LogP contribution in [0.3, 0.4) is 0 Å². The minimum Gasteiger partial charge on any atom is -0.462 e. The van der Waals surface area contributed by atoms with Gasteiger partial charge in [-0.2, -0.15) is 0 Å². The molecule has 0 spiro atoms. The molecule has 1 aliphatic carbocycles. The van der Waals surface area contributed by atoms with Crippen molar-refractivity contribution in [3.8, 4) is 0 Å². The second-order valence-electron chi connectivity index (χ2n) is 8.58. The summed E-state index contributed by atoms with van der Waals surface area (Å²) in [5, 5.41) is 0. The first-order valence-electron chi connectivity index (χ1n) is 10.6. The van der Waals surface area contributed by atoms with Crippen LogP contribution in [0.25, 0.3) is 0 Å². The maximum atomic E-state index is 12.3. The van der Waals surface area contributed by atoms with Crippen molar-refractivity contribution in [1.29, 1.82) is 0 Å².